The van der Waals surface area contributed by atoms with Crippen LogP contribution in [0.1, 0.15) is 20.7 Å². The smallest absolute Gasteiger partial charge is 0.341 e. The molecule has 0 bridgehead atoms. The Balaban J connectivity index is 1.66. The zero-order valence-corrected chi connectivity index (χ0v) is 15.5. The van der Waals surface area contributed by atoms with Gasteiger partial charge in [-0.15, -0.1) is 11.3 Å². The van der Waals surface area contributed by atoms with E-state index in [1.807, 2.05) is 0 Å². The van der Waals surface area contributed by atoms with Crippen molar-refractivity contribution in [1.82, 2.24) is 0 Å². The summed E-state index contributed by atoms with van der Waals surface area (Å²) in [5.41, 5.74) is 1.77. The molecule has 0 radical (unpaired) electrons. The molecular formula is C20H14FNO5S. The lowest BCUT2D eigenvalue weighted by atomic mass is 10.0. The van der Waals surface area contributed by atoms with E-state index in [1.165, 1.54) is 30.6 Å². The number of halogens is 1. The molecule has 6 nitrogen and oxygen atoms in total. The summed E-state index contributed by atoms with van der Waals surface area (Å²) in [7, 11) is 1.26. The van der Waals surface area contributed by atoms with Gasteiger partial charge >= 0.3 is 5.97 Å². The molecule has 0 fully saturated rings. The Bertz CT molecular complexity index is 1060. The Hall–Kier alpha value is -3.39. The van der Waals surface area contributed by atoms with Gasteiger partial charge in [0.15, 0.2) is 11.5 Å². The molecule has 2 aromatic carbocycles. The minimum absolute atomic E-state index is 0.110. The first-order valence-corrected chi connectivity index (χ1v) is 9.11. The number of ether oxygens (including phenoxy) is 3. The van der Waals surface area contributed by atoms with Crippen molar-refractivity contribution in [1.29, 1.82) is 0 Å². The lowest BCUT2D eigenvalue weighted by molar-refractivity contribution is 0.0603. The summed E-state index contributed by atoms with van der Waals surface area (Å²) in [6, 6.07) is 10.6. The number of anilines is 1. The number of carbonyl (C=O) groups is 2. The number of amides is 1. The zero-order valence-electron chi connectivity index (χ0n) is 14.7. The second-order valence-corrected chi connectivity index (χ2v) is 6.75. The van der Waals surface area contributed by atoms with Crippen LogP contribution in [0.5, 0.6) is 11.5 Å². The number of hydrogen-bond donors (Lipinski definition) is 1. The number of rotatable bonds is 4. The Morgan fingerprint density at radius 3 is 2.61 bits per heavy atom. The van der Waals surface area contributed by atoms with E-state index in [9.17, 15) is 14.0 Å². The number of esters is 1. The highest BCUT2D eigenvalue weighted by molar-refractivity contribution is 7.15. The summed E-state index contributed by atoms with van der Waals surface area (Å²) in [6.45, 7) is 0.110. The van der Waals surface area contributed by atoms with Crippen LogP contribution in [0.25, 0.3) is 11.1 Å². The van der Waals surface area contributed by atoms with Gasteiger partial charge in [-0.1, -0.05) is 12.1 Å². The molecule has 0 unspecified atom stereocenters. The van der Waals surface area contributed by atoms with Crippen molar-refractivity contribution in [3.8, 4) is 22.6 Å². The topological polar surface area (TPSA) is 73.9 Å². The number of hydrogen-bond acceptors (Lipinski definition) is 6. The van der Waals surface area contributed by atoms with E-state index in [-0.39, 0.29) is 18.2 Å². The fourth-order valence-corrected chi connectivity index (χ4v) is 3.76. The molecule has 2 heterocycles. The first-order chi connectivity index (χ1) is 13.6. The van der Waals surface area contributed by atoms with E-state index in [2.05, 4.69) is 5.32 Å². The van der Waals surface area contributed by atoms with Crippen LogP contribution in [0.4, 0.5) is 9.39 Å². The molecule has 8 heteroatoms. The van der Waals surface area contributed by atoms with Gasteiger partial charge in [-0.2, -0.15) is 0 Å². The second kappa shape index (κ2) is 7.32. The maximum absolute atomic E-state index is 13.2. The molecule has 28 heavy (non-hydrogen) atoms. The average Bonchev–Trinajstić information content (AvgIpc) is 3.34. The largest absolute Gasteiger partial charge is 0.465 e. The molecule has 0 aliphatic carbocycles. The van der Waals surface area contributed by atoms with Gasteiger partial charge in [-0.25, -0.2) is 9.18 Å². The Morgan fingerprint density at radius 2 is 1.86 bits per heavy atom. The molecular weight excluding hydrogens is 385 g/mol. The third-order valence-corrected chi connectivity index (χ3v) is 5.09. The van der Waals surface area contributed by atoms with Crippen molar-refractivity contribution in [2.45, 2.75) is 0 Å². The van der Waals surface area contributed by atoms with Crippen LogP contribution < -0.4 is 14.8 Å². The maximum Gasteiger partial charge on any atom is 0.341 e. The van der Waals surface area contributed by atoms with Gasteiger partial charge in [0, 0.05) is 16.5 Å². The minimum atomic E-state index is -0.596. The lowest BCUT2D eigenvalue weighted by Gasteiger charge is -2.08. The predicted molar refractivity (Wildman–Crippen MR) is 102 cm³/mol. The molecule has 1 aromatic heterocycles. The molecule has 1 aliphatic rings. The number of methoxy groups -OCH3 is 1. The molecule has 0 atom stereocenters. The third kappa shape index (κ3) is 3.29. The van der Waals surface area contributed by atoms with Crippen molar-refractivity contribution < 1.29 is 28.2 Å². The fourth-order valence-electron chi connectivity index (χ4n) is 2.81. The van der Waals surface area contributed by atoms with Crippen LogP contribution >= 0.6 is 11.3 Å². The van der Waals surface area contributed by atoms with E-state index in [0.717, 1.165) is 0 Å². The quantitative estimate of drug-likeness (QED) is 0.662. The predicted octanol–water partition coefficient (Wildman–Crippen LogP) is 4.32. The molecule has 4 rings (SSSR count). The van der Waals surface area contributed by atoms with Crippen molar-refractivity contribution >= 4 is 28.2 Å². The minimum Gasteiger partial charge on any atom is -0.465 e. The molecule has 1 N–H and O–H groups in total. The van der Waals surface area contributed by atoms with Crippen LogP contribution in [0, 0.1) is 5.82 Å². The molecule has 142 valence electrons. The van der Waals surface area contributed by atoms with Crippen molar-refractivity contribution in [3.63, 3.8) is 0 Å². The molecule has 0 saturated carbocycles. The first kappa shape index (κ1) is 18.0. The Morgan fingerprint density at radius 1 is 1.11 bits per heavy atom. The zero-order chi connectivity index (χ0) is 19.7. The number of carbonyl (C=O) groups excluding carboxylic acids is 2. The van der Waals surface area contributed by atoms with Crippen LogP contribution in [-0.2, 0) is 4.74 Å². The summed E-state index contributed by atoms with van der Waals surface area (Å²) in [5.74, 6) is -0.326. The van der Waals surface area contributed by atoms with E-state index < -0.39 is 11.9 Å². The van der Waals surface area contributed by atoms with E-state index >= 15 is 0 Å². The first-order valence-electron chi connectivity index (χ1n) is 8.23. The van der Waals surface area contributed by atoms with Gasteiger partial charge in [0.25, 0.3) is 5.91 Å². The number of fused-ring (bicyclic) bond motifs is 1. The lowest BCUT2D eigenvalue weighted by Crippen LogP contribution is -2.14. The Kier molecular flexibility index (Phi) is 4.70. The normalized spacial score (nSPS) is 11.9. The summed E-state index contributed by atoms with van der Waals surface area (Å²) >= 11 is 1.18. The van der Waals surface area contributed by atoms with Gasteiger partial charge in [0.2, 0.25) is 6.79 Å². The highest BCUT2D eigenvalue weighted by Gasteiger charge is 2.23. The molecule has 3 aromatic rings. The number of nitrogens with one attached hydrogen (secondary N) is 1. The maximum atomic E-state index is 13.2. The van der Waals surface area contributed by atoms with Gasteiger partial charge in [0.1, 0.15) is 16.4 Å². The standard InChI is InChI=1S/C20H14FNO5S/c1-25-20(24)17-14(11-2-5-13(21)6-3-11)9-28-19(17)22-18(23)12-4-7-15-16(8-12)27-10-26-15/h2-9H,10H2,1H3,(H,22,23). The Labute approximate surface area is 163 Å². The second-order valence-electron chi connectivity index (χ2n) is 5.87. The van der Waals surface area contributed by atoms with Crippen LogP contribution in [0.3, 0.4) is 0 Å². The molecule has 1 aliphatic heterocycles. The third-order valence-electron chi connectivity index (χ3n) is 4.20. The van der Waals surface area contributed by atoms with Crippen molar-refractivity contribution in [3.05, 3.63) is 64.8 Å². The van der Waals surface area contributed by atoms with Gasteiger partial charge in [-0.05, 0) is 35.9 Å². The average molecular weight is 399 g/mol. The summed E-state index contributed by atoms with van der Waals surface area (Å²) in [4.78, 5) is 25.0. The SMILES string of the molecule is COC(=O)c1c(-c2ccc(F)cc2)csc1NC(=O)c1ccc2c(c1)OCO2. The molecule has 1 amide bonds. The van der Waals surface area contributed by atoms with Crippen molar-refractivity contribution in [2.75, 3.05) is 19.2 Å². The van der Waals surface area contributed by atoms with E-state index in [1.54, 1.807) is 35.7 Å². The number of thiophene rings is 1. The van der Waals surface area contributed by atoms with Crippen LogP contribution in [0.2, 0.25) is 0 Å². The van der Waals surface area contributed by atoms with Crippen LogP contribution in [-0.4, -0.2) is 25.8 Å². The molecule has 0 saturated heterocycles. The van der Waals surface area contributed by atoms with Gasteiger partial charge < -0.3 is 19.5 Å². The van der Waals surface area contributed by atoms with Gasteiger partial charge in [0.05, 0.1) is 7.11 Å². The highest BCUT2D eigenvalue weighted by atomic mass is 32.1. The monoisotopic (exact) mass is 399 g/mol. The summed E-state index contributed by atoms with van der Waals surface area (Å²) < 4.78 is 28.6. The van der Waals surface area contributed by atoms with Crippen LogP contribution in [0.15, 0.2) is 47.8 Å². The van der Waals surface area contributed by atoms with E-state index in [0.29, 0.717) is 33.2 Å². The highest BCUT2D eigenvalue weighted by Crippen LogP contribution is 2.37. The fraction of sp³-hybridized carbons (Fsp3) is 0.100. The molecule has 0 spiro atoms. The van der Waals surface area contributed by atoms with Crippen molar-refractivity contribution in [2.24, 2.45) is 0 Å². The summed E-state index contributed by atoms with van der Waals surface area (Å²) in [5, 5.41) is 4.80. The van der Waals surface area contributed by atoms with E-state index in [4.69, 9.17) is 14.2 Å². The summed E-state index contributed by atoms with van der Waals surface area (Å²) in [6.07, 6.45) is 0. The number of benzene rings is 2. The van der Waals surface area contributed by atoms with Gasteiger partial charge in [-0.3, -0.25) is 4.79 Å².